The lowest BCUT2D eigenvalue weighted by Gasteiger charge is -2.40. The molecule has 2 aromatic carbocycles. The maximum atomic E-state index is 13.8. The Labute approximate surface area is 175 Å². The second-order valence-electron chi connectivity index (χ2n) is 7.86. The highest BCUT2D eigenvalue weighted by atomic mass is 19.1. The normalized spacial score (nSPS) is 22.6. The number of ether oxygens (including phenoxy) is 1. The van der Waals surface area contributed by atoms with E-state index in [-0.39, 0.29) is 36.1 Å². The molecule has 6 nitrogen and oxygen atoms in total. The Morgan fingerprint density at radius 1 is 1.17 bits per heavy atom. The largest absolute Gasteiger partial charge is 0.494 e. The molecule has 0 spiro atoms. The van der Waals surface area contributed by atoms with Gasteiger partial charge in [0, 0.05) is 43.8 Å². The van der Waals surface area contributed by atoms with Crippen LogP contribution in [0.3, 0.4) is 0 Å². The summed E-state index contributed by atoms with van der Waals surface area (Å²) in [6.07, 6.45) is 1.05. The number of piperazine rings is 1. The molecule has 2 aliphatic heterocycles. The van der Waals surface area contributed by atoms with Crippen LogP contribution in [0.5, 0.6) is 5.75 Å². The van der Waals surface area contributed by atoms with Crippen molar-refractivity contribution in [3.8, 4) is 5.75 Å². The van der Waals surface area contributed by atoms with Gasteiger partial charge in [0.25, 0.3) is 5.91 Å². The number of amides is 2. The molecule has 0 radical (unpaired) electrons. The SMILES string of the molecule is COc1ccc(CC(=O)NC[C@@H]2CN(C(=O)c3ccccc3)[C@H]3CCN2C3)cc1F. The second kappa shape index (κ2) is 8.83. The van der Waals surface area contributed by atoms with E-state index in [1.807, 2.05) is 35.2 Å². The Hall–Kier alpha value is -2.93. The van der Waals surface area contributed by atoms with E-state index in [1.165, 1.54) is 19.2 Å². The van der Waals surface area contributed by atoms with E-state index in [9.17, 15) is 14.0 Å². The molecule has 2 saturated heterocycles. The van der Waals surface area contributed by atoms with Crippen molar-refractivity contribution in [1.82, 2.24) is 15.1 Å². The maximum Gasteiger partial charge on any atom is 0.254 e. The molecule has 3 atom stereocenters. The fraction of sp³-hybridized carbons (Fsp3) is 0.391. The van der Waals surface area contributed by atoms with Crippen molar-refractivity contribution in [3.05, 3.63) is 65.5 Å². The molecule has 158 valence electrons. The maximum absolute atomic E-state index is 13.8. The predicted molar refractivity (Wildman–Crippen MR) is 111 cm³/mol. The molecule has 1 N–H and O–H groups in total. The van der Waals surface area contributed by atoms with Crippen molar-refractivity contribution < 1.29 is 18.7 Å². The number of hydrogen-bond acceptors (Lipinski definition) is 4. The Balaban J connectivity index is 1.35. The van der Waals surface area contributed by atoms with Crippen LogP contribution in [0.15, 0.2) is 48.5 Å². The number of halogens is 1. The van der Waals surface area contributed by atoms with E-state index in [0.717, 1.165) is 19.5 Å². The molecule has 1 unspecified atom stereocenters. The summed E-state index contributed by atoms with van der Waals surface area (Å²) >= 11 is 0. The van der Waals surface area contributed by atoms with E-state index >= 15 is 0 Å². The number of nitrogens with zero attached hydrogens (tertiary/aromatic N) is 2. The highest BCUT2D eigenvalue weighted by Gasteiger charge is 2.40. The third-order valence-electron chi connectivity index (χ3n) is 5.96. The summed E-state index contributed by atoms with van der Waals surface area (Å²) in [5.74, 6) is -0.435. The summed E-state index contributed by atoms with van der Waals surface area (Å²) in [5, 5.41) is 2.96. The molecule has 2 amide bonds. The van der Waals surface area contributed by atoms with Crippen LogP contribution in [0.1, 0.15) is 22.3 Å². The van der Waals surface area contributed by atoms with Crippen molar-refractivity contribution in [2.45, 2.75) is 24.9 Å². The smallest absolute Gasteiger partial charge is 0.254 e. The van der Waals surface area contributed by atoms with E-state index in [0.29, 0.717) is 24.2 Å². The van der Waals surface area contributed by atoms with Crippen LogP contribution in [0.2, 0.25) is 0 Å². The van der Waals surface area contributed by atoms with Crippen LogP contribution >= 0.6 is 0 Å². The first-order valence-electron chi connectivity index (χ1n) is 10.2. The second-order valence-corrected chi connectivity index (χ2v) is 7.86. The topological polar surface area (TPSA) is 61.9 Å². The average molecular weight is 411 g/mol. The number of nitrogens with one attached hydrogen (secondary N) is 1. The summed E-state index contributed by atoms with van der Waals surface area (Å²) in [6, 6.07) is 14.2. The van der Waals surface area contributed by atoms with Gasteiger partial charge in [0.2, 0.25) is 5.91 Å². The lowest BCUT2D eigenvalue weighted by Crippen LogP contribution is -2.57. The van der Waals surface area contributed by atoms with Crippen molar-refractivity contribution in [2.75, 3.05) is 33.3 Å². The number of carbonyl (C=O) groups excluding carboxylic acids is 2. The van der Waals surface area contributed by atoms with Gasteiger partial charge in [-0.15, -0.1) is 0 Å². The highest BCUT2D eigenvalue weighted by Crippen LogP contribution is 2.26. The van der Waals surface area contributed by atoms with Gasteiger partial charge in [-0.25, -0.2) is 4.39 Å². The fourth-order valence-corrected chi connectivity index (χ4v) is 4.33. The Bertz CT molecular complexity index is 921. The summed E-state index contributed by atoms with van der Waals surface area (Å²) in [5.41, 5.74) is 1.29. The van der Waals surface area contributed by atoms with Gasteiger partial charge >= 0.3 is 0 Å². The quantitative estimate of drug-likeness (QED) is 0.791. The van der Waals surface area contributed by atoms with Crippen molar-refractivity contribution in [3.63, 3.8) is 0 Å². The molecular formula is C23H26FN3O3. The number of carbonyl (C=O) groups is 2. The summed E-state index contributed by atoms with van der Waals surface area (Å²) < 4.78 is 18.7. The van der Waals surface area contributed by atoms with E-state index in [4.69, 9.17) is 4.74 Å². The zero-order valence-electron chi connectivity index (χ0n) is 17.0. The van der Waals surface area contributed by atoms with Gasteiger partial charge in [0.05, 0.1) is 13.5 Å². The van der Waals surface area contributed by atoms with Gasteiger partial charge in [0.15, 0.2) is 11.6 Å². The first-order valence-corrected chi connectivity index (χ1v) is 10.2. The number of benzene rings is 2. The van der Waals surface area contributed by atoms with Gasteiger partial charge in [-0.1, -0.05) is 24.3 Å². The number of methoxy groups -OCH3 is 1. The first-order chi connectivity index (χ1) is 14.5. The zero-order valence-corrected chi connectivity index (χ0v) is 17.0. The van der Waals surface area contributed by atoms with Crippen molar-refractivity contribution in [1.29, 1.82) is 0 Å². The average Bonchev–Trinajstić information content (AvgIpc) is 3.17. The molecule has 0 aromatic heterocycles. The van der Waals surface area contributed by atoms with Gasteiger partial charge in [0.1, 0.15) is 0 Å². The van der Waals surface area contributed by atoms with Crippen molar-refractivity contribution >= 4 is 11.8 Å². The Morgan fingerprint density at radius 2 is 1.97 bits per heavy atom. The summed E-state index contributed by atoms with van der Waals surface area (Å²) in [6.45, 7) is 2.81. The Morgan fingerprint density at radius 3 is 2.70 bits per heavy atom. The van der Waals surface area contributed by atoms with Crippen LogP contribution in [0.25, 0.3) is 0 Å². The fourth-order valence-electron chi connectivity index (χ4n) is 4.33. The molecule has 2 heterocycles. The molecule has 2 aliphatic rings. The van der Waals surface area contributed by atoms with Crippen LogP contribution in [0, 0.1) is 5.82 Å². The van der Waals surface area contributed by atoms with Gasteiger partial charge in [-0.2, -0.15) is 0 Å². The monoisotopic (exact) mass is 411 g/mol. The minimum absolute atomic E-state index is 0.0483. The molecule has 2 bridgehead atoms. The molecule has 0 saturated carbocycles. The standard InChI is InChI=1S/C23H26FN3O3/c1-30-21-8-7-16(11-20(21)24)12-22(28)25-13-19-15-27(18-9-10-26(19)14-18)23(29)17-5-3-2-4-6-17/h2-8,11,18-19H,9-10,12-15H2,1H3,(H,25,28)/t18-,19+/m0/s1. The molecular weight excluding hydrogens is 385 g/mol. The lowest BCUT2D eigenvalue weighted by atomic mass is 10.1. The van der Waals surface area contributed by atoms with Gasteiger partial charge in [-0.3, -0.25) is 14.5 Å². The third kappa shape index (κ3) is 4.31. The molecule has 2 fully saturated rings. The summed E-state index contributed by atoms with van der Waals surface area (Å²) in [4.78, 5) is 29.7. The van der Waals surface area contributed by atoms with E-state index in [1.54, 1.807) is 6.07 Å². The number of hydrogen-bond donors (Lipinski definition) is 1. The zero-order chi connectivity index (χ0) is 21.1. The minimum atomic E-state index is -0.478. The highest BCUT2D eigenvalue weighted by molar-refractivity contribution is 5.94. The number of fused-ring (bicyclic) bond motifs is 2. The van der Waals surface area contributed by atoms with Crippen LogP contribution in [-0.4, -0.2) is 67.0 Å². The van der Waals surface area contributed by atoms with E-state index < -0.39 is 5.82 Å². The first kappa shape index (κ1) is 20.3. The predicted octanol–water partition coefficient (Wildman–Crippen LogP) is 2.09. The molecule has 4 rings (SSSR count). The summed E-state index contributed by atoms with van der Waals surface area (Å²) in [7, 11) is 1.41. The van der Waals surface area contributed by atoms with Gasteiger partial charge in [-0.05, 0) is 36.2 Å². The van der Waals surface area contributed by atoms with Crippen LogP contribution in [-0.2, 0) is 11.2 Å². The van der Waals surface area contributed by atoms with Crippen molar-refractivity contribution in [2.24, 2.45) is 0 Å². The van der Waals surface area contributed by atoms with Gasteiger partial charge < -0.3 is 15.0 Å². The Kier molecular flexibility index (Phi) is 5.99. The van der Waals surface area contributed by atoms with Crippen LogP contribution < -0.4 is 10.1 Å². The molecule has 30 heavy (non-hydrogen) atoms. The molecule has 0 aliphatic carbocycles. The molecule has 7 heteroatoms. The minimum Gasteiger partial charge on any atom is -0.494 e. The number of rotatable bonds is 6. The lowest BCUT2D eigenvalue weighted by molar-refractivity contribution is -0.120. The third-order valence-corrected chi connectivity index (χ3v) is 5.96. The van der Waals surface area contributed by atoms with E-state index in [2.05, 4.69) is 10.2 Å². The molecule has 2 aromatic rings. The van der Waals surface area contributed by atoms with Crippen LogP contribution in [0.4, 0.5) is 4.39 Å².